The van der Waals surface area contributed by atoms with Crippen molar-refractivity contribution in [2.45, 2.75) is 0 Å². The lowest BCUT2D eigenvalue weighted by molar-refractivity contribution is 0.285. The largest absolute Gasteiger partial charge is 0.403 e. The predicted octanol–water partition coefficient (Wildman–Crippen LogP) is -1.84. The van der Waals surface area contributed by atoms with Gasteiger partial charge in [-0.3, -0.25) is 0 Å². The molecule has 9 nitrogen and oxygen atoms in total. The predicted molar refractivity (Wildman–Crippen MR) is 38.8 cm³/mol. The lowest BCUT2D eigenvalue weighted by atomic mass is 11.3. The van der Waals surface area contributed by atoms with Gasteiger partial charge in [0.25, 0.3) is 0 Å². The van der Waals surface area contributed by atoms with Crippen LogP contribution in [-0.2, 0) is 14.6 Å². The van der Waals surface area contributed by atoms with Crippen LogP contribution in [-0.4, -0.2) is 24.9 Å². The number of H-pyrrole nitrogens is 1. The first-order valence-electron chi connectivity index (χ1n) is 2.81. The van der Waals surface area contributed by atoms with Gasteiger partial charge in [0, 0.05) is 0 Å². The number of hydrogen-bond donors (Lipinski definition) is 2. The third-order valence-electron chi connectivity index (χ3n) is 0.757. The lowest BCUT2D eigenvalue weighted by Gasteiger charge is -1.81. The van der Waals surface area contributed by atoms with E-state index < -0.39 is 16.0 Å². The van der Waals surface area contributed by atoms with Crippen LogP contribution in [0, 0.1) is 0 Å². The first kappa shape index (κ1) is 9.41. The molecular weight excluding hydrogens is 204 g/mol. The monoisotopic (exact) mass is 208 g/mol. The molecule has 1 aliphatic rings. The highest BCUT2D eigenvalue weighted by molar-refractivity contribution is 7.85. The quantitative estimate of drug-likeness (QED) is 0.512. The fraction of sp³-hybridized carbons (Fsp3) is 0. The fourth-order valence-corrected chi connectivity index (χ4v) is 0.747. The second kappa shape index (κ2) is 3.82. The molecule has 0 atom stereocenters. The highest BCUT2D eigenvalue weighted by atomic mass is 32.2. The molecule has 0 fully saturated rings. The van der Waals surface area contributed by atoms with E-state index >= 15 is 0 Å². The van der Waals surface area contributed by atoms with E-state index in [0.717, 1.165) is 12.7 Å². The standard InChI is InChI=1S/C2H2N2O2.CH2N2O3S/c5-2-3-1-6-4-2;4-7(5)3-1-2-6-7/h1H,(H,4,5);1H,(H,2,3). The summed E-state index contributed by atoms with van der Waals surface area (Å²) >= 11 is 0. The molecule has 1 aromatic heterocycles. The molecule has 2 rings (SSSR count). The average Bonchev–Trinajstić information content (AvgIpc) is 2.62. The maximum absolute atomic E-state index is 9.95. The molecule has 0 bridgehead atoms. The number of aromatic amines is 1. The van der Waals surface area contributed by atoms with Crippen molar-refractivity contribution in [3.8, 4) is 0 Å². The van der Waals surface area contributed by atoms with Crippen LogP contribution in [0.25, 0.3) is 0 Å². The van der Waals surface area contributed by atoms with Gasteiger partial charge in [0.15, 0.2) is 0 Å². The van der Waals surface area contributed by atoms with Crippen LogP contribution in [0.4, 0.5) is 0 Å². The Morgan fingerprint density at radius 2 is 2.23 bits per heavy atom. The molecule has 0 aliphatic carbocycles. The molecule has 0 amide bonds. The molecule has 1 aliphatic heterocycles. The second-order valence-electron chi connectivity index (χ2n) is 1.62. The van der Waals surface area contributed by atoms with E-state index in [9.17, 15) is 13.2 Å². The van der Waals surface area contributed by atoms with E-state index in [0.29, 0.717) is 0 Å². The summed E-state index contributed by atoms with van der Waals surface area (Å²) in [5.41, 5.74) is 1.48. The van der Waals surface area contributed by atoms with Crippen LogP contribution < -0.4 is 11.2 Å². The molecule has 2 heterocycles. The maximum Gasteiger partial charge on any atom is 0.403 e. The zero-order valence-electron chi connectivity index (χ0n) is 6.00. The lowest BCUT2D eigenvalue weighted by Crippen LogP contribution is -2.05. The van der Waals surface area contributed by atoms with E-state index in [-0.39, 0.29) is 0 Å². The molecule has 13 heavy (non-hydrogen) atoms. The highest BCUT2D eigenvalue weighted by Crippen LogP contribution is 1.93. The smallest absolute Gasteiger partial charge is 0.365 e. The number of rotatable bonds is 0. The minimum absolute atomic E-state index is 0.449. The van der Waals surface area contributed by atoms with E-state index in [4.69, 9.17) is 0 Å². The van der Waals surface area contributed by atoms with E-state index in [1.165, 1.54) is 0 Å². The number of hydrogen-bond acceptors (Lipinski definition) is 7. The molecule has 0 spiro atoms. The van der Waals surface area contributed by atoms with Gasteiger partial charge in [-0.05, 0) is 0 Å². The van der Waals surface area contributed by atoms with Crippen LogP contribution in [0.3, 0.4) is 0 Å². The zero-order chi connectivity index (χ0) is 9.73. The normalized spacial score (nSPS) is 17.2. The third-order valence-corrected chi connectivity index (χ3v) is 1.43. The molecule has 72 valence electrons. The van der Waals surface area contributed by atoms with E-state index in [1.807, 2.05) is 10.6 Å². The van der Waals surface area contributed by atoms with Crippen LogP contribution in [0.1, 0.15) is 0 Å². The van der Waals surface area contributed by atoms with E-state index in [2.05, 4.69) is 18.2 Å². The molecule has 1 aromatic rings. The summed E-state index contributed by atoms with van der Waals surface area (Å²) in [4.78, 5) is 12.9. The zero-order valence-corrected chi connectivity index (χ0v) is 6.82. The molecule has 0 aromatic carbocycles. The fourth-order valence-electron chi connectivity index (χ4n) is 0.367. The van der Waals surface area contributed by atoms with Crippen molar-refractivity contribution in [2.24, 2.45) is 4.40 Å². The van der Waals surface area contributed by atoms with Crippen molar-refractivity contribution >= 4 is 16.6 Å². The molecule has 2 N–H and O–H groups in total. The first-order valence-corrected chi connectivity index (χ1v) is 4.17. The second-order valence-corrected chi connectivity index (χ2v) is 2.86. The summed E-state index contributed by atoms with van der Waals surface area (Å²) in [6.45, 7) is 0. The van der Waals surface area contributed by atoms with Gasteiger partial charge in [-0.25, -0.2) is 10.3 Å². The van der Waals surface area contributed by atoms with Crippen molar-refractivity contribution in [1.29, 1.82) is 0 Å². The first-order chi connectivity index (χ1) is 6.10. The topological polar surface area (TPSA) is 127 Å². The summed E-state index contributed by atoms with van der Waals surface area (Å²) in [5.74, 6) is 0. The van der Waals surface area contributed by atoms with Crippen molar-refractivity contribution < 1.29 is 17.2 Å². The Morgan fingerprint density at radius 3 is 2.38 bits per heavy atom. The molecular formula is C3H4N4O5S. The van der Waals surface area contributed by atoms with Gasteiger partial charge >= 0.3 is 16.0 Å². The van der Waals surface area contributed by atoms with Gasteiger partial charge in [0.05, 0.1) is 0 Å². The van der Waals surface area contributed by atoms with Gasteiger partial charge in [0.2, 0.25) is 6.39 Å². The summed E-state index contributed by atoms with van der Waals surface area (Å²) < 4.78 is 30.8. The summed E-state index contributed by atoms with van der Waals surface area (Å²) in [6.07, 6.45) is 2.00. The van der Waals surface area contributed by atoms with Gasteiger partial charge in [-0.1, -0.05) is 0 Å². The molecule has 0 unspecified atom stereocenters. The van der Waals surface area contributed by atoms with Gasteiger partial charge in [0.1, 0.15) is 6.34 Å². The van der Waals surface area contributed by atoms with E-state index in [1.54, 1.807) is 0 Å². The molecule has 10 heteroatoms. The van der Waals surface area contributed by atoms with Gasteiger partial charge in [-0.15, -0.1) is 8.68 Å². The molecule has 0 saturated heterocycles. The van der Waals surface area contributed by atoms with Crippen molar-refractivity contribution in [3.63, 3.8) is 0 Å². The summed E-state index contributed by atoms with van der Waals surface area (Å²) in [7, 11) is -3.59. The van der Waals surface area contributed by atoms with Crippen molar-refractivity contribution in [1.82, 2.24) is 15.6 Å². The van der Waals surface area contributed by atoms with Crippen LogP contribution in [0.15, 0.2) is 20.1 Å². The molecule has 0 radical (unpaired) electrons. The Morgan fingerprint density at radius 1 is 1.46 bits per heavy atom. The van der Waals surface area contributed by atoms with Gasteiger partial charge in [-0.2, -0.15) is 18.6 Å². The van der Waals surface area contributed by atoms with Crippen molar-refractivity contribution in [3.05, 3.63) is 16.9 Å². The number of nitrogens with one attached hydrogen (secondary N) is 2. The Hall–Kier alpha value is -1.68. The maximum atomic E-state index is 9.95. The van der Waals surface area contributed by atoms with Crippen LogP contribution in [0.5, 0.6) is 0 Å². The molecule has 0 saturated carbocycles. The van der Waals surface area contributed by atoms with Gasteiger partial charge < -0.3 is 4.52 Å². The van der Waals surface area contributed by atoms with Crippen LogP contribution >= 0.6 is 0 Å². The minimum Gasteiger partial charge on any atom is -0.365 e. The summed E-state index contributed by atoms with van der Waals surface area (Å²) in [5, 5.41) is 1.96. The average molecular weight is 208 g/mol. The number of hydroxylamine groups is 1. The highest BCUT2D eigenvalue weighted by Gasteiger charge is 2.10. The summed E-state index contributed by atoms with van der Waals surface area (Å²) in [6, 6.07) is 0. The number of aromatic nitrogens is 2. The third kappa shape index (κ3) is 3.48. The SMILES string of the molecule is O=S1(=O)N=CNO1.O=c1nco[nH]1. The number of nitrogens with zero attached hydrogens (tertiary/aromatic N) is 2. The Labute approximate surface area is 71.6 Å². The Bertz CT molecular complexity index is 412. The van der Waals surface area contributed by atoms with Crippen LogP contribution in [0.2, 0.25) is 0 Å². The Kier molecular flexibility index (Phi) is 2.76. The Balaban J connectivity index is 0.000000132. The van der Waals surface area contributed by atoms with Crippen molar-refractivity contribution in [2.75, 3.05) is 0 Å². The minimum atomic E-state index is -3.59.